The lowest BCUT2D eigenvalue weighted by atomic mass is 10.1. The summed E-state index contributed by atoms with van der Waals surface area (Å²) in [5.74, 6) is -1.83. The number of fused-ring (bicyclic) bond motifs is 3. The van der Waals surface area contributed by atoms with Gasteiger partial charge in [0.1, 0.15) is 17.2 Å². The number of anilines is 3. The minimum Gasteiger partial charge on any atom is -0.478 e. The summed E-state index contributed by atoms with van der Waals surface area (Å²) in [4.78, 5) is 24.7. The highest BCUT2D eigenvalue weighted by Gasteiger charge is 2.24. The number of carbonyl (C=O) groups is 1. The lowest BCUT2D eigenvalue weighted by Gasteiger charge is -2.12. The van der Waals surface area contributed by atoms with E-state index >= 15 is 0 Å². The lowest BCUT2D eigenvalue weighted by Crippen LogP contribution is -2.07. The van der Waals surface area contributed by atoms with E-state index in [0.717, 1.165) is 25.0 Å². The van der Waals surface area contributed by atoms with Crippen LogP contribution in [0.4, 0.5) is 26.2 Å². The van der Waals surface area contributed by atoms with Crippen LogP contribution in [-0.4, -0.2) is 32.1 Å². The van der Waals surface area contributed by atoms with Crippen LogP contribution in [-0.2, 0) is 0 Å². The van der Waals surface area contributed by atoms with Crippen LogP contribution in [0.5, 0.6) is 0 Å². The van der Waals surface area contributed by atoms with Gasteiger partial charge in [0.05, 0.1) is 16.8 Å². The van der Waals surface area contributed by atoms with Crippen LogP contribution in [0.3, 0.4) is 0 Å². The summed E-state index contributed by atoms with van der Waals surface area (Å²) in [6, 6.07) is 8.15. The van der Waals surface area contributed by atoms with Crippen molar-refractivity contribution >= 4 is 45.2 Å². The number of aromatic nitrogens is 3. The van der Waals surface area contributed by atoms with Gasteiger partial charge < -0.3 is 15.7 Å². The molecule has 2 aromatic heterocycles. The monoisotopic (exact) mass is 407 g/mol. The number of hydrogen-bond donors (Lipinski definition) is 3. The summed E-state index contributed by atoms with van der Waals surface area (Å²) < 4.78 is 27.1. The van der Waals surface area contributed by atoms with E-state index < -0.39 is 17.6 Å². The van der Waals surface area contributed by atoms with Crippen molar-refractivity contribution in [2.24, 2.45) is 0 Å². The lowest BCUT2D eigenvalue weighted by molar-refractivity contribution is 0.0697. The van der Waals surface area contributed by atoms with E-state index in [1.807, 2.05) is 0 Å². The summed E-state index contributed by atoms with van der Waals surface area (Å²) in [7, 11) is 0. The summed E-state index contributed by atoms with van der Waals surface area (Å²) >= 11 is 0. The molecular weight excluding hydrogens is 392 g/mol. The fraction of sp³-hybridized carbons (Fsp3) is 0.143. The van der Waals surface area contributed by atoms with Gasteiger partial charge in [0.2, 0.25) is 5.95 Å². The topological polar surface area (TPSA) is 100 Å². The Morgan fingerprint density at radius 1 is 1.07 bits per heavy atom. The van der Waals surface area contributed by atoms with Crippen molar-refractivity contribution < 1.29 is 18.7 Å². The molecule has 7 nitrogen and oxygen atoms in total. The Labute approximate surface area is 168 Å². The predicted molar refractivity (Wildman–Crippen MR) is 108 cm³/mol. The molecule has 2 aromatic carbocycles. The summed E-state index contributed by atoms with van der Waals surface area (Å²) in [6.07, 6.45) is 3.59. The van der Waals surface area contributed by atoms with Gasteiger partial charge in [-0.2, -0.15) is 0 Å². The number of nitrogens with one attached hydrogen (secondary N) is 2. The maximum Gasteiger partial charge on any atom is 0.335 e. The van der Waals surface area contributed by atoms with Crippen LogP contribution in [0.2, 0.25) is 0 Å². The maximum atomic E-state index is 14.0. The third kappa shape index (κ3) is 3.34. The maximum absolute atomic E-state index is 14.0. The molecule has 2 heterocycles. The van der Waals surface area contributed by atoms with Gasteiger partial charge in [-0.25, -0.2) is 28.5 Å². The van der Waals surface area contributed by atoms with Crippen LogP contribution >= 0.6 is 0 Å². The van der Waals surface area contributed by atoms with E-state index in [4.69, 9.17) is 0 Å². The molecule has 1 fully saturated rings. The SMILES string of the molecule is O=C(O)c1ccc2c(c1)nc(NC1CC1)c1nc(Nc3ccc(F)cc3F)ncc12. The molecule has 1 saturated carbocycles. The molecule has 1 aliphatic rings. The average Bonchev–Trinajstić information content (AvgIpc) is 3.54. The molecule has 1 aliphatic carbocycles. The van der Waals surface area contributed by atoms with Crippen LogP contribution in [0.15, 0.2) is 42.6 Å². The fourth-order valence-corrected chi connectivity index (χ4v) is 3.21. The largest absolute Gasteiger partial charge is 0.478 e. The zero-order valence-corrected chi connectivity index (χ0v) is 15.5. The first-order chi connectivity index (χ1) is 14.5. The summed E-state index contributed by atoms with van der Waals surface area (Å²) in [5, 5.41) is 16.7. The molecule has 0 aliphatic heterocycles. The van der Waals surface area contributed by atoms with Crippen LogP contribution in [0, 0.1) is 11.6 Å². The number of nitrogens with zero attached hydrogens (tertiary/aromatic N) is 3. The molecular formula is C21H15F2N5O2. The molecule has 5 rings (SSSR count). The van der Waals surface area contributed by atoms with E-state index in [-0.39, 0.29) is 23.2 Å². The molecule has 3 N–H and O–H groups in total. The third-order valence-corrected chi connectivity index (χ3v) is 4.88. The zero-order chi connectivity index (χ0) is 20.8. The third-order valence-electron chi connectivity index (χ3n) is 4.88. The highest BCUT2D eigenvalue weighted by atomic mass is 19.1. The number of carboxylic acid groups (broad SMARTS) is 1. The number of benzene rings is 2. The molecule has 0 saturated heterocycles. The number of carboxylic acids is 1. The second-order valence-electron chi connectivity index (χ2n) is 7.12. The van der Waals surface area contributed by atoms with Crippen molar-refractivity contribution in [1.29, 1.82) is 0 Å². The van der Waals surface area contributed by atoms with Gasteiger partial charge in [0, 0.05) is 29.1 Å². The highest BCUT2D eigenvalue weighted by molar-refractivity contribution is 6.09. The molecule has 0 bridgehead atoms. The Kier molecular flexibility index (Phi) is 4.16. The minimum atomic E-state index is -1.03. The molecule has 0 amide bonds. The van der Waals surface area contributed by atoms with Crippen molar-refractivity contribution in [3.8, 4) is 0 Å². The second-order valence-corrected chi connectivity index (χ2v) is 7.12. The Morgan fingerprint density at radius 2 is 1.90 bits per heavy atom. The fourth-order valence-electron chi connectivity index (χ4n) is 3.21. The van der Waals surface area contributed by atoms with Gasteiger partial charge >= 0.3 is 5.97 Å². The van der Waals surface area contributed by atoms with E-state index in [9.17, 15) is 18.7 Å². The molecule has 0 radical (unpaired) electrons. The summed E-state index contributed by atoms with van der Waals surface area (Å²) in [6.45, 7) is 0. The summed E-state index contributed by atoms with van der Waals surface area (Å²) in [5.41, 5.74) is 1.22. The number of hydrogen-bond acceptors (Lipinski definition) is 6. The molecule has 30 heavy (non-hydrogen) atoms. The number of aromatic carboxylic acids is 1. The molecule has 4 aromatic rings. The predicted octanol–water partition coefficient (Wildman–Crippen LogP) is 4.47. The zero-order valence-electron chi connectivity index (χ0n) is 15.5. The van der Waals surface area contributed by atoms with E-state index in [1.165, 1.54) is 18.2 Å². The Bertz CT molecular complexity index is 1320. The number of halogens is 2. The van der Waals surface area contributed by atoms with Gasteiger partial charge in [0.15, 0.2) is 5.82 Å². The van der Waals surface area contributed by atoms with Crippen molar-refractivity contribution in [3.05, 3.63) is 59.8 Å². The van der Waals surface area contributed by atoms with Gasteiger partial charge in [-0.15, -0.1) is 0 Å². The van der Waals surface area contributed by atoms with Crippen LogP contribution in [0.1, 0.15) is 23.2 Å². The molecule has 0 unspecified atom stereocenters. The van der Waals surface area contributed by atoms with E-state index in [1.54, 1.807) is 12.3 Å². The first-order valence-electron chi connectivity index (χ1n) is 9.30. The first-order valence-corrected chi connectivity index (χ1v) is 9.30. The molecule has 150 valence electrons. The van der Waals surface area contributed by atoms with Crippen molar-refractivity contribution in [1.82, 2.24) is 15.0 Å². The normalized spacial score (nSPS) is 13.5. The standard InChI is InChI=1S/C21H15F2N5O2/c22-11-2-6-16(15(23)8-11)27-21-24-9-14-13-5-1-10(20(29)30)7-17(13)26-19(18(14)28-21)25-12-3-4-12/h1-2,5-9,12H,3-4H2,(H,25,26)(H,29,30)(H,24,27,28). The van der Waals surface area contributed by atoms with Crippen LogP contribution in [0.25, 0.3) is 21.8 Å². The first kappa shape index (κ1) is 18.2. The Morgan fingerprint density at radius 3 is 2.63 bits per heavy atom. The van der Waals surface area contributed by atoms with Gasteiger partial charge in [-0.05, 0) is 37.1 Å². The highest BCUT2D eigenvalue weighted by Crippen LogP contribution is 2.33. The Balaban J connectivity index is 1.64. The van der Waals surface area contributed by atoms with Gasteiger partial charge in [-0.3, -0.25) is 0 Å². The molecule has 0 spiro atoms. The van der Waals surface area contributed by atoms with E-state index in [0.29, 0.717) is 27.6 Å². The van der Waals surface area contributed by atoms with Crippen molar-refractivity contribution in [2.45, 2.75) is 18.9 Å². The quantitative estimate of drug-likeness (QED) is 0.420. The number of rotatable bonds is 5. The molecule has 9 heteroatoms. The smallest absolute Gasteiger partial charge is 0.335 e. The Hall–Kier alpha value is -3.88. The van der Waals surface area contributed by atoms with Crippen molar-refractivity contribution in [2.75, 3.05) is 10.6 Å². The number of pyridine rings is 1. The average molecular weight is 407 g/mol. The van der Waals surface area contributed by atoms with Crippen LogP contribution < -0.4 is 10.6 Å². The molecule has 0 atom stereocenters. The van der Waals surface area contributed by atoms with Crippen molar-refractivity contribution in [3.63, 3.8) is 0 Å². The van der Waals surface area contributed by atoms with Gasteiger partial charge in [-0.1, -0.05) is 6.07 Å². The van der Waals surface area contributed by atoms with Gasteiger partial charge in [0.25, 0.3) is 0 Å². The second kappa shape index (κ2) is 6.87. The minimum absolute atomic E-state index is 0.0484. The van der Waals surface area contributed by atoms with E-state index in [2.05, 4.69) is 25.6 Å².